The summed E-state index contributed by atoms with van der Waals surface area (Å²) in [7, 11) is 4.79. The first-order chi connectivity index (χ1) is 9.13. The van der Waals surface area contributed by atoms with Crippen molar-refractivity contribution in [2.24, 2.45) is 0 Å². The maximum absolute atomic E-state index is 9.20. The van der Waals surface area contributed by atoms with Crippen LogP contribution in [0.2, 0.25) is 0 Å². The van der Waals surface area contributed by atoms with Gasteiger partial charge in [-0.15, -0.1) is 0 Å². The van der Waals surface area contributed by atoms with Crippen molar-refractivity contribution in [1.29, 1.82) is 0 Å². The lowest BCUT2D eigenvalue weighted by molar-refractivity contribution is 0.183. The summed E-state index contributed by atoms with van der Waals surface area (Å²) in [5.41, 5.74) is 0.991. The zero-order chi connectivity index (χ0) is 14.3. The van der Waals surface area contributed by atoms with E-state index in [1.54, 1.807) is 28.3 Å². The van der Waals surface area contributed by atoms with Crippen LogP contribution in [-0.4, -0.2) is 39.1 Å². The average molecular weight is 269 g/mol. The summed E-state index contributed by atoms with van der Waals surface area (Å²) in [6.07, 6.45) is 0.426. The SMILES string of the molecule is COc1ccc(CNCCC(C)O)c(OC)c1OC. The summed E-state index contributed by atoms with van der Waals surface area (Å²) >= 11 is 0. The monoisotopic (exact) mass is 269 g/mol. The number of hydrogen-bond acceptors (Lipinski definition) is 5. The molecule has 19 heavy (non-hydrogen) atoms. The van der Waals surface area contributed by atoms with Crippen LogP contribution in [0.3, 0.4) is 0 Å². The van der Waals surface area contributed by atoms with E-state index in [0.717, 1.165) is 18.5 Å². The van der Waals surface area contributed by atoms with E-state index in [4.69, 9.17) is 14.2 Å². The molecule has 5 heteroatoms. The molecule has 1 rings (SSSR count). The molecule has 0 amide bonds. The Morgan fingerprint density at radius 2 is 1.79 bits per heavy atom. The molecule has 1 aromatic rings. The van der Waals surface area contributed by atoms with Crippen LogP contribution in [0.4, 0.5) is 0 Å². The molecule has 0 aliphatic heterocycles. The molecule has 2 N–H and O–H groups in total. The first kappa shape index (κ1) is 15.6. The highest BCUT2D eigenvalue weighted by Crippen LogP contribution is 2.39. The second-order valence-corrected chi connectivity index (χ2v) is 4.31. The van der Waals surface area contributed by atoms with Gasteiger partial charge in [-0.1, -0.05) is 6.07 Å². The molecule has 0 aliphatic carbocycles. The molecule has 0 spiro atoms. The fraction of sp³-hybridized carbons (Fsp3) is 0.571. The Labute approximate surface area is 114 Å². The minimum atomic E-state index is -0.292. The van der Waals surface area contributed by atoms with Gasteiger partial charge >= 0.3 is 0 Å². The molecule has 0 saturated carbocycles. The first-order valence-corrected chi connectivity index (χ1v) is 6.30. The molecule has 0 bridgehead atoms. The Hall–Kier alpha value is -1.46. The van der Waals surface area contributed by atoms with Crippen molar-refractivity contribution in [3.05, 3.63) is 17.7 Å². The number of hydrogen-bond donors (Lipinski definition) is 2. The lowest BCUT2D eigenvalue weighted by Gasteiger charge is -2.16. The van der Waals surface area contributed by atoms with Gasteiger partial charge in [-0.05, 0) is 26.0 Å². The van der Waals surface area contributed by atoms with Crippen LogP contribution in [0.5, 0.6) is 17.2 Å². The van der Waals surface area contributed by atoms with E-state index in [-0.39, 0.29) is 6.10 Å². The van der Waals surface area contributed by atoms with Crippen LogP contribution in [0.25, 0.3) is 0 Å². The molecule has 108 valence electrons. The second kappa shape index (κ2) is 7.86. The van der Waals surface area contributed by atoms with Gasteiger partial charge in [-0.3, -0.25) is 0 Å². The normalized spacial score (nSPS) is 12.1. The third kappa shape index (κ3) is 4.29. The van der Waals surface area contributed by atoms with Gasteiger partial charge < -0.3 is 24.6 Å². The van der Waals surface area contributed by atoms with Crippen LogP contribution < -0.4 is 19.5 Å². The van der Waals surface area contributed by atoms with Crippen molar-refractivity contribution in [3.63, 3.8) is 0 Å². The van der Waals surface area contributed by atoms with E-state index < -0.39 is 0 Å². The van der Waals surface area contributed by atoms with Crippen LogP contribution in [0.1, 0.15) is 18.9 Å². The Bertz CT molecular complexity index is 393. The van der Waals surface area contributed by atoms with Gasteiger partial charge in [0.25, 0.3) is 0 Å². The van der Waals surface area contributed by atoms with Gasteiger partial charge in [0.1, 0.15) is 0 Å². The molecule has 0 aliphatic rings. The minimum Gasteiger partial charge on any atom is -0.493 e. The Balaban J connectivity index is 2.77. The molecule has 0 heterocycles. The van der Waals surface area contributed by atoms with Gasteiger partial charge in [0.05, 0.1) is 27.4 Å². The van der Waals surface area contributed by atoms with Crippen molar-refractivity contribution in [2.45, 2.75) is 26.0 Å². The van der Waals surface area contributed by atoms with Crippen LogP contribution in [0.15, 0.2) is 12.1 Å². The third-order valence-electron chi connectivity index (χ3n) is 2.84. The van der Waals surface area contributed by atoms with Gasteiger partial charge in [-0.25, -0.2) is 0 Å². The predicted octanol–water partition coefficient (Wildman–Crippen LogP) is 1.57. The first-order valence-electron chi connectivity index (χ1n) is 6.30. The summed E-state index contributed by atoms with van der Waals surface area (Å²) < 4.78 is 16.0. The zero-order valence-corrected chi connectivity index (χ0v) is 12.0. The van der Waals surface area contributed by atoms with Crippen molar-refractivity contribution in [2.75, 3.05) is 27.9 Å². The standard InChI is InChI=1S/C14H23NO4/c1-10(16)7-8-15-9-11-5-6-12(17-2)14(19-4)13(11)18-3/h5-6,10,15-16H,7-9H2,1-4H3. The molecule has 1 unspecified atom stereocenters. The predicted molar refractivity (Wildman–Crippen MR) is 74.1 cm³/mol. The number of ether oxygens (including phenoxy) is 3. The highest BCUT2D eigenvalue weighted by atomic mass is 16.5. The largest absolute Gasteiger partial charge is 0.493 e. The molecule has 1 aromatic carbocycles. The number of rotatable bonds is 8. The van der Waals surface area contributed by atoms with Gasteiger partial charge in [0.2, 0.25) is 5.75 Å². The number of nitrogens with one attached hydrogen (secondary N) is 1. The molecule has 0 saturated heterocycles. The summed E-state index contributed by atoms with van der Waals surface area (Å²) in [4.78, 5) is 0. The molecule has 1 atom stereocenters. The van der Waals surface area contributed by atoms with Crippen molar-refractivity contribution < 1.29 is 19.3 Å². The van der Waals surface area contributed by atoms with Crippen LogP contribution in [-0.2, 0) is 6.54 Å². The maximum atomic E-state index is 9.20. The third-order valence-corrected chi connectivity index (χ3v) is 2.84. The summed E-state index contributed by atoms with van der Waals surface area (Å²) in [6, 6.07) is 3.79. The van der Waals surface area contributed by atoms with E-state index in [1.807, 2.05) is 12.1 Å². The lowest BCUT2D eigenvalue weighted by atomic mass is 10.1. The molecule has 5 nitrogen and oxygen atoms in total. The van der Waals surface area contributed by atoms with Gasteiger partial charge in [0.15, 0.2) is 11.5 Å². The summed E-state index contributed by atoms with van der Waals surface area (Å²) in [5, 5.41) is 12.5. The highest BCUT2D eigenvalue weighted by Gasteiger charge is 2.15. The highest BCUT2D eigenvalue weighted by molar-refractivity contribution is 5.55. The van der Waals surface area contributed by atoms with E-state index in [1.165, 1.54) is 0 Å². The molecular weight excluding hydrogens is 246 g/mol. The van der Waals surface area contributed by atoms with E-state index in [9.17, 15) is 5.11 Å². The van der Waals surface area contributed by atoms with Crippen molar-refractivity contribution >= 4 is 0 Å². The number of benzene rings is 1. The molecule has 0 radical (unpaired) electrons. The number of aliphatic hydroxyl groups excluding tert-OH is 1. The zero-order valence-electron chi connectivity index (χ0n) is 12.0. The topological polar surface area (TPSA) is 60.0 Å². The van der Waals surface area contributed by atoms with Gasteiger partial charge in [-0.2, -0.15) is 0 Å². The van der Waals surface area contributed by atoms with Gasteiger partial charge in [0, 0.05) is 12.1 Å². The average Bonchev–Trinajstić information content (AvgIpc) is 2.42. The lowest BCUT2D eigenvalue weighted by Crippen LogP contribution is -2.19. The fourth-order valence-electron chi connectivity index (χ4n) is 1.84. The maximum Gasteiger partial charge on any atom is 0.203 e. The van der Waals surface area contributed by atoms with E-state index >= 15 is 0 Å². The number of methoxy groups -OCH3 is 3. The summed E-state index contributed by atoms with van der Waals surface area (Å²) in [6.45, 7) is 3.17. The van der Waals surface area contributed by atoms with Crippen LogP contribution >= 0.6 is 0 Å². The van der Waals surface area contributed by atoms with E-state index in [2.05, 4.69) is 5.32 Å². The Kier molecular flexibility index (Phi) is 6.45. The molecule has 0 fully saturated rings. The van der Waals surface area contributed by atoms with Crippen LogP contribution in [0, 0.1) is 0 Å². The van der Waals surface area contributed by atoms with Crippen molar-refractivity contribution in [1.82, 2.24) is 5.32 Å². The minimum absolute atomic E-state index is 0.292. The number of aliphatic hydroxyl groups is 1. The van der Waals surface area contributed by atoms with E-state index in [0.29, 0.717) is 23.8 Å². The smallest absolute Gasteiger partial charge is 0.203 e. The molecular formula is C14H23NO4. The Morgan fingerprint density at radius 1 is 1.11 bits per heavy atom. The van der Waals surface area contributed by atoms with Crippen molar-refractivity contribution in [3.8, 4) is 17.2 Å². The quantitative estimate of drug-likeness (QED) is 0.702. The fourth-order valence-corrected chi connectivity index (χ4v) is 1.84. The Morgan fingerprint density at radius 3 is 2.32 bits per heavy atom. The summed E-state index contributed by atoms with van der Waals surface area (Å²) in [5.74, 6) is 1.92. The molecule has 0 aromatic heterocycles. The second-order valence-electron chi connectivity index (χ2n) is 4.31.